The van der Waals surface area contributed by atoms with Crippen LogP contribution in [-0.2, 0) is 19.5 Å². The lowest BCUT2D eigenvalue weighted by Crippen LogP contribution is -2.37. The van der Waals surface area contributed by atoms with Gasteiger partial charge < -0.3 is 15.5 Å². The molecule has 0 radical (unpaired) electrons. The Balaban J connectivity index is 1.41. The normalized spacial score (nSPS) is 15.3. The molecule has 0 unspecified atom stereocenters. The summed E-state index contributed by atoms with van der Waals surface area (Å²) in [6, 6.07) is 16.7. The van der Waals surface area contributed by atoms with Gasteiger partial charge in [-0.3, -0.25) is 14.7 Å². The predicted octanol–water partition coefficient (Wildman–Crippen LogP) is 3.53. The van der Waals surface area contributed by atoms with Gasteiger partial charge in [-0.1, -0.05) is 43.3 Å². The fraction of sp³-hybridized carbons (Fsp3) is 0.481. The first-order chi connectivity index (χ1) is 15.9. The average Bonchev–Trinajstić information content (AvgIpc) is 2.83. The van der Waals surface area contributed by atoms with E-state index in [2.05, 4.69) is 57.8 Å². The summed E-state index contributed by atoms with van der Waals surface area (Å²) in [6.45, 7) is 7.30. The minimum atomic E-state index is 0.0267. The summed E-state index contributed by atoms with van der Waals surface area (Å²) in [5.41, 5.74) is 4.47. The number of amides is 1. The number of hydrogen-bond acceptors (Lipinski definition) is 3. The van der Waals surface area contributed by atoms with Gasteiger partial charge in [0.25, 0.3) is 5.91 Å². The van der Waals surface area contributed by atoms with Gasteiger partial charge in [0, 0.05) is 46.3 Å². The van der Waals surface area contributed by atoms with Crippen molar-refractivity contribution >= 4 is 11.9 Å². The lowest BCUT2D eigenvalue weighted by atomic mass is 9.99. The third-order valence-corrected chi connectivity index (χ3v) is 6.28. The molecule has 2 aromatic rings. The Morgan fingerprint density at radius 1 is 1.03 bits per heavy atom. The minimum absolute atomic E-state index is 0.0267. The van der Waals surface area contributed by atoms with Crippen LogP contribution in [-0.4, -0.2) is 62.4 Å². The molecule has 1 saturated heterocycles. The van der Waals surface area contributed by atoms with E-state index in [-0.39, 0.29) is 5.91 Å². The van der Waals surface area contributed by atoms with Crippen molar-refractivity contribution in [2.75, 3.05) is 40.8 Å². The van der Waals surface area contributed by atoms with Crippen LogP contribution in [0.1, 0.15) is 46.8 Å². The molecule has 3 rings (SSSR count). The largest absolute Gasteiger partial charge is 0.356 e. The molecule has 6 heteroatoms. The molecule has 1 aliphatic heterocycles. The maximum atomic E-state index is 12.2. The molecule has 1 heterocycles. The van der Waals surface area contributed by atoms with Crippen LogP contribution in [0.2, 0.25) is 0 Å². The van der Waals surface area contributed by atoms with Crippen molar-refractivity contribution in [3.8, 4) is 0 Å². The van der Waals surface area contributed by atoms with Crippen LogP contribution in [0.15, 0.2) is 53.5 Å². The highest BCUT2D eigenvalue weighted by atomic mass is 16.2. The number of guanidine groups is 1. The van der Waals surface area contributed by atoms with E-state index in [0.717, 1.165) is 49.1 Å². The summed E-state index contributed by atoms with van der Waals surface area (Å²) < 4.78 is 0. The van der Waals surface area contributed by atoms with E-state index in [1.807, 2.05) is 18.2 Å². The van der Waals surface area contributed by atoms with Crippen molar-refractivity contribution in [2.24, 2.45) is 10.9 Å². The van der Waals surface area contributed by atoms with Crippen LogP contribution in [0.25, 0.3) is 0 Å². The van der Waals surface area contributed by atoms with Gasteiger partial charge >= 0.3 is 0 Å². The molecule has 1 amide bonds. The van der Waals surface area contributed by atoms with Gasteiger partial charge in [-0.25, -0.2) is 0 Å². The summed E-state index contributed by atoms with van der Waals surface area (Å²) >= 11 is 0. The van der Waals surface area contributed by atoms with E-state index in [9.17, 15) is 4.79 Å². The fourth-order valence-electron chi connectivity index (χ4n) is 4.09. The van der Waals surface area contributed by atoms with Crippen molar-refractivity contribution in [3.05, 3.63) is 70.8 Å². The molecule has 2 aromatic carbocycles. The number of carbonyl (C=O) groups excluding carboxylic acids is 1. The highest BCUT2D eigenvalue weighted by Gasteiger charge is 2.15. The Kier molecular flexibility index (Phi) is 9.31. The van der Waals surface area contributed by atoms with Gasteiger partial charge in [0.05, 0.1) is 0 Å². The van der Waals surface area contributed by atoms with E-state index >= 15 is 0 Å². The summed E-state index contributed by atoms with van der Waals surface area (Å²) in [6.07, 6.45) is 3.45. The molecule has 33 heavy (non-hydrogen) atoms. The summed E-state index contributed by atoms with van der Waals surface area (Å²) in [7, 11) is 5.33. The number of rotatable bonds is 8. The van der Waals surface area contributed by atoms with Gasteiger partial charge in [0.1, 0.15) is 0 Å². The summed E-state index contributed by atoms with van der Waals surface area (Å²) in [4.78, 5) is 20.6. The first-order valence-corrected chi connectivity index (χ1v) is 12.0. The van der Waals surface area contributed by atoms with E-state index in [1.165, 1.54) is 37.1 Å². The maximum absolute atomic E-state index is 12.2. The molecule has 2 N–H and O–H groups in total. The predicted molar refractivity (Wildman–Crippen MR) is 136 cm³/mol. The zero-order chi connectivity index (χ0) is 23.6. The van der Waals surface area contributed by atoms with E-state index in [4.69, 9.17) is 0 Å². The van der Waals surface area contributed by atoms with Crippen LogP contribution in [0.4, 0.5) is 0 Å². The molecule has 0 aliphatic carbocycles. The lowest BCUT2D eigenvalue weighted by Gasteiger charge is -2.30. The van der Waals surface area contributed by atoms with Crippen molar-refractivity contribution in [3.63, 3.8) is 0 Å². The Morgan fingerprint density at radius 3 is 2.39 bits per heavy atom. The average molecular weight is 450 g/mol. The number of hydrogen-bond donors (Lipinski definition) is 2. The fourth-order valence-corrected chi connectivity index (χ4v) is 4.09. The Hall–Kier alpha value is -2.86. The Bertz CT molecular complexity index is 914. The smallest absolute Gasteiger partial charge is 0.253 e. The number of nitrogens with one attached hydrogen (secondary N) is 2. The second-order valence-electron chi connectivity index (χ2n) is 9.28. The van der Waals surface area contributed by atoms with Gasteiger partial charge in [0.2, 0.25) is 0 Å². The highest BCUT2D eigenvalue weighted by molar-refractivity contribution is 5.94. The molecule has 0 aromatic heterocycles. The highest BCUT2D eigenvalue weighted by Crippen LogP contribution is 2.18. The molecule has 0 bridgehead atoms. The van der Waals surface area contributed by atoms with Crippen molar-refractivity contribution in [1.82, 2.24) is 20.4 Å². The number of piperidine rings is 1. The zero-order valence-electron chi connectivity index (χ0n) is 20.6. The SMILES string of the molecule is CN=C(NCCc1cccc(C(=O)N(C)C)c1)NCc1ccc(CN2CCC(C)CC2)cc1. The van der Waals surface area contributed by atoms with Gasteiger partial charge in [0.15, 0.2) is 5.96 Å². The van der Waals surface area contributed by atoms with Gasteiger partial charge in [-0.15, -0.1) is 0 Å². The molecular formula is C27H39N5O. The number of likely N-dealkylation sites (tertiary alicyclic amines) is 1. The minimum Gasteiger partial charge on any atom is -0.356 e. The molecule has 0 saturated carbocycles. The van der Waals surface area contributed by atoms with Crippen LogP contribution in [0.3, 0.4) is 0 Å². The quantitative estimate of drug-likeness (QED) is 0.478. The third kappa shape index (κ3) is 7.90. The van der Waals surface area contributed by atoms with E-state index in [0.29, 0.717) is 0 Å². The van der Waals surface area contributed by atoms with E-state index in [1.54, 1.807) is 26.0 Å². The zero-order valence-corrected chi connectivity index (χ0v) is 20.6. The first-order valence-electron chi connectivity index (χ1n) is 12.0. The number of benzene rings is 2. The topological polar surface area (TPSA) is 60.0 Å². The molecule has 1 fully saturated rings. The lowest BCUT2D eigenvalue weighted by molar-refractivity contribution is 0.0827. The second-order valence-corrected chi connectivity index (χ2v) is 9.28. The molecule has 1 aliphatic rings. The van der Waals surface area contributed by atoms with Crippen LogP contribution in [0.5, 0.6) is 0 Å². The van der Waals surface area contributed by atoms with Gasteiger partial charge in [-0.05, 0) is 67.1 Å². The molecule has 6 nitrogen and oxygen atoms in total. The van der Waals surface area contributed by atoms with Crippen LogP contribution < -0.4 is 10.6 Å². The maximum Gasteiger partial charge on any atom is 0.253 e. The van der Waals surface area contributed by atoms with Crippen LogP contribution >= 0.6 is 0 Å². The van der Waals surface area contributed by atoms with Crippen LogP contribution in [0, 0.1) is 5.92 Å². The van der Waals surface area contributed by atoms with Crippen molar-refractivity contribution < 1.29 is 4.79 Å². The number of carbonyl (C=O) groups is 1. The standard InChI is InChI=1S/C27H39N5O/c1-21-13-16-32(17-14-21)20-24-10-8-23(9-11-24)19-30-27(28-2)29-15-12-22-6-5-7-25(18-22)26(33)31(3)4/h5-11,18,21H,12-17,19-20H2,1-4H3,(H2,28,29,30). The molecular weight excluding hydrogens is 410 g/mol. The van der Waals surface area contributed by atoms with Gasteiger partial charge in [-0.2, -0.15) is 0 Å². The Morgan fingerprint density at radius 2 is 1.73 bits per heavy atom. The number of aliphatic imine (C=N–C) groups is 1. The second kappa shape index (κ2) is 12.4. The summed E-state index contributed by atoms with van der Waals surface area (Å²) in [5.74, 6) is 1.68. The molecule has 0 spiro atoms. The molecule has 178 valence electrons. The molecule has 0 atom stereocenters. The first kappa shape index (κ1) is 24.8. The summed E-state index contributed by atoms with van der Waals surface area (Å²) in [5, 5.41) is 6.76. The van der Waals surface area contributed by atoms with Crippen molar-refractivity contribution in [1.29, 1.82) is 0 Å². The Labute approximate surface area is 199 Å². The third-order valence-electron chi connectivity index (χ3n) is 6.28. The van der Waals surface area contributed by atoms with Crippen molar-refractivity contribution in [2.45, 2.75) is 39.3 Å². The monoisotopic (exact) mass is 449 g/mol. The van der Waals surface area contributed by atoms with E-state index < -0.39 is 0 Å². The number of nitrogens with zero attached hydrogens (tertiary/aromatic N) is 3.